The predicted octanol–water partition coefficient (Wildman–Crippen LogP) is 0.689. The van der Waals surface area contributed by atoms with Gasteiger partial charge in [0.25, 0.3) is 0 Å². The van der Waals surface area contributed by atoms with Gasteiger partial charge in [0.1, 0.15) is 6.10 Å². The molecule has 1 unspecified atom stereocenters. The Bertz CT molecular complexity index is 565. The third-order valence-electron chi connectivity index (χ3n) is 4.57. The normalized spacial score (nSPS) is 12.3. The van der Waals surface area contributed by atoms with Crippen LogP contribution >= 0.6 is 0 Å². The van der Waals surface area contributed by atoms with Crippen LogP contribution < -0.4 is 0 Å². The topological polar surface area (TPSA) is 124 Å². The SMILES string of the molecule is OCCOCCOCCOCCOCC(O)COCCOCCOCCOCCOCc1ccccc1. The highest BCUT2D eigenvalue weighted by molar-refractivity contribution is 5.13. The molecule has 1 rings (SSSR count). The van der Waals surface area contributed by atoms with E-state index >= 15 is 0 Å². The van der Waals surface area contributed by atoms with E-state index in [0.717, 1.165) is 5.56 Å². The van der Waals surface area contributed by atoms with Crippen LogP contribution in [-0.4, -0.2) is 135 Å². The number of aliphatic hydroxyl groups excluding tert-OH is 2. The molecule has 0 radical (unpaired) electrons. The first kappa shape index (κ1) is 33.8. The fourth-order valence-electron chi connectivity index (χ4n) is 2.75. The molecule has 0 aliphatic heterocycles. The molecular formula is C26H46O11. The maximum absolute atomic E-state index is 9.84. The number of ether oxygens (including phenoxy) is 9. The van der Waals surface area contributed by atoms with Gasteiger partial charge in [-0.1, -0.05) is 30.3 Å². The quantitative estimate of drug-likeness (QED) is 0.141. The van der Waals surface area contributed by atoms with Crippen molar-refractivity contribution < 1.29 is 52.8 Å². The van der Waals surface area contributed by atoms with E-state index in [0.29, 0.717) is 106 Å². The predicted molar refractivity (Wildman–Crippen MR) is 136 cm³/mol. The Kier molecular flexibility index (Phi) is 25.4. The van der Waals surface area contributed by atoms with Crippen molar-refractivity contribution in [3.63, 3.8) is 0 Å². The summed E-state index contributed by atoms with van der Waals surface area (Å²) in [5.74, 6) is 0. The van der Waals surface area contributed by atoms with Crippen molar-refractivity contribution in [1.82, 2.24) is 0 Å². The molecule has 1 aromatic carbocycles. The van der Waals surface area contributed by atoms with E-state index in [2.05, 4.69) is 0 Å². The molecule has 0 aromatic heterocycles. The second-order valence-electron chi connectivity index (χ2n) is 7.74. The van der Waals surface area contributed by atoms with Crippen molar-refractivity contribution in [2.75, 3.05) is 119 Å². The maximum Gasteiger partial charge on any atom is 0.101 e. The number of aliphatic hydroxyl groups is 2. The summed E-state index contributed by atoms with van der Waals surface area (Å²) in [6.07, 6.45) is -0.700. The molecule has 11 heteroatoms. The van der Waals surface area contributed by atoms with Gasteiger partial charge in [0.2, 0.25) is 0 Å². The summed E-state index contributed by atoms with van der Waals surface area (Å²) in [6.45, 7) is 7.80. The van der Waals surface area contributed by atoms with E-state index in [9.17, 15) is 5.11 Å². The molecule has 0 saturated carbocycles. The Labute approximate surface area is 220 Å². The molecule has 0 spiro atoms. The molecule has 0 aliphatic rings. The van der Waals surface area contributed by atoms with Crippen LogP contribution in [0.25, 0.3) is 0 Å². The van der Waals surface area contributed by atoms with Gasteiger partial charge >= 0.3 is 0 Å². The van der Waals surface area contributed by atoms with Crippen LogP contribution in [0.5, 0.6) is 0 Å². The van der Waals surface area contributed by atoms with Crippen molar-refractivity contribution in [1.29, 1.82) is 0 Å². The van der Waals surface area contributed by atoms with Gasteiger partial charge in [0.05, 0.1) is 126 Å². The second kappa shape index (κ2) is 27.8. The van der Waals surface area contributed by atoms with E-state index in [1.807, 2.05) is 30.3 Å². The van der Waals surface area contributed by atoms with Crippen molar-refractivity contribution >= 4 is 0 Å². The highest BCUT2D eigenvalue weighted by Gasteiger charge is 2.04. The lowest BCUT2D eigenvalue weighted by atomic mass is 10.2. The fraction of sp³-hybridized carbons (Fsp3) is 0.769. The van der Waals surface area contributed by atoms with Crippen LogP contribution in [0.1, 0.15) is 5.56 Å². The number of hydrogen-bond donors (Lipinski definition) is 2. The van der Waals surface area contributed by atoms with Crippen LogP contribution in [0.2, 0.25) is 0 Å². The third kappa shape index (κ3) is 24.9. The van der Waals surface area contributed by atoms with Crippen LogP contribution in [-0.2, 0) is 49.2 Å². The first-order chi connectivity index (χ1) is 18.3. The Morgan fingerprint density at radius 1 is 0.459 bits per heavy atom. The molecule has 2 N–H and O–H groups in total. The Balaban J connectivity index is 1.69. The van der Waals surface area contributed by atoms with Crippen LogP contribution in [0.4, 0.5) is 0 Å². The summed E-state index contributed by atoms with van der Waals surface area (Å²) in [6, 6.07) is 10.0. The molecule has 0 amide bonds. The number of benzene rings is 1. The lowest BCUT2D eigenvalue weighted by Gasteiger charge is -2.12. The minimum atomic E-state index is -0.700. The van der Waals surface area contributed by atoms with E-state index in [1.165, 1.54) is 0 Å². The van der Waals surface area contributed by atoms with Gasteiger partial charge < -0.3 is 52.8 Å². The molecule has 0 saturated heterocycles. The molecule has 37 heavy (non-hydrogen) atoms. The molecule has 0 aliphatic carbocycles. The molecule has 11 nitrogen and oxygen atoms in total. The maximum atomic E-state index is 9.84. The van der Waals surface area contributed by atoms with Gasteiger partial charge in [0.15, 0.2) is 0 Å². The Morgan fingerprint density at radius 3 is 1.22 bits per heavy atom. The van der Waals surface area contributed by atoms with E-state index in [1.54, 1.807) is 0 Å². The largest absolute Gasteiger partial charge is 0.394 e. The summed E-state index contributed by atoms with van der Waals surface area (Å²) >= 11 is 0. The third-order valence-corrected chi connectivity index (χ3v) is 4.57. The summed E-state index contributed by atoms with van der Waals surface area (Å²) in [5.41, 5.74) is 1.15. The van der Waals surface area contributed by atoms with Crippen molar-refractivity contribution in [2.45, 2.75) is 12.7 Å². The van der Waals surface area contributed by atoms with E-state index in [-0.39, 0.29) is 19.8 Å². The smallest absolute Gasteiger partial charge is 0.101 e. The molecular weight excluding hydrogens is 488 g/mol. The van der Waals surface area contributed by atoms with Gasteiger partial charge in [-0.15, -0.1) is 0 Å². The summed E-state index contributed by atoms with van der Waals surface area (Å²) < 4.78 is 48.3. The van der Waals surface area contributed by atoms with Crippen LogP contribution in [0.3, 0.4) is 0 Å². The second-order valence-corrected chi connectivity index (χ2v) is 7.74. The Morgan fingerprint density at radius 2 is 0.811 bits per heavy atom. The highest BCUT2D eigenvalue weighted by Crippen LogP contribution is 2.00. The minimum Gasteiger partial charge on any atom is -0.394 e. The first-order valence-corrected chi connectivity index (χ1v) is 12.9. The zero-order valence-electron chi connectivity index (χ0n) is 22.0. The van der Waals surface area contributed by atoms with E-state index < -0.39 is 6.10 Å². The van der Waals surface area contributed by atoms with Gasteiger partial charge in [-0.2, -0.15) is 0 Å². The standard InChI is InChI=1S/C26H46O11/c27-6-7-29-8-9-30-10-14-33-17-20-36-23-26(28)24-37-21-18-34-15-12-31-11-13-32-16-19-35-22-25-4-2-1-3-5-25/h1-5,26-28H,6-24H2. The van der Waals surface area contributed by atoms with Gasteiger partial charge in [-0.05, 0) is 5.56 Å². The van der Waals surface area contributed by atoms with Crippen LogP contribution in [0.15, 0.2) is 30.3 Å². The molecule has 1 atom stereocenters. The van der Waals surface area contributed by atoms with Crippen molar-refractivity contribution in [3.05, 3.63) is 35.9 Å². The van der Waals surface area contributed by atoms with Crippen LogP contribution in [0, 0.1) is 0 Å². The van der Waals surface area contributed by atoms with Gasteiger partial charge in [-0.3, -0.25) is 0 Å². The summed E-state index contributed by atoms with van der Waals surface area (Å²) in [4.78, 5) is 0. The molecule has 0 fully saturated rings. The molecule has 0 bridgehead atoms. The zero-order chi connectivity index (χ0) is 26.5. The summed E-state index contributed by atoms with van der Waals surface area (Å²) in [7, 11) is 0. The molecule has 1 aromatic rings. The number of rotatable bonds is 29. The summed E-state index contributed by atoms with van der Waals surface area (Å²) in [5, 5.41) is 18.4. The zero-order valence-corrected chi connectivity index (χ0v) is 22.0. The Hall–Kier alpha value is -1.22. The van der Waals surface area contributed by atoms with Gasteiger partial charge in [0, 0.05) is 0 Å². The lowest BCUT2D eigenvalue weighted by Crippen LogP contribution is -2.24. The van der Waals surface area contributed by atoms with Crippen molar-refractivity contribution in [3.8, 4) is 0 Å². The highest BCUT2D eigenvalue weighted by atomic mass is 16.6. The monoisotopic (exact) mass is 534 g/mol. The first-order valence-electron chi connectivity index (χ1n) is 12.9. The lowest BCUT2D eigenvalue weighted by molar-refractivity contribution is -0.0493. The minimum absolute atomic E-state index is 0.0136. The number of hydrogen-bond acceptors (Lipinski definition) is 11. The molecule has 216 valence electrons. The van der Waals surface area contributed by atoms with Crippen molar-refractivity contribution in [2.24, 2.45) is 0 Å². The molecule has 0 heterocycles. The van der Waals surface area contributed by atoms with Gasteiger partial charge in [-0.25, -0.2) is 0 Å². The van der Waals surface area contributed by atoms with E-state index in [4.69, 9.17) is 47.7 Å². The fourth-order valence-corrected chi connectivity index (χ4v) is 2.75. The average Bonchev–Trinajstić information content (AvgIpc) is 2.92. The average molecular weight is 535 g/mol.